The van der Waals surface area contributed by atoms with Crippen LogP contribution < -0.4 is 5.73 Å². The van der Waals surface area contributed by atoms with Crippen LogP contribution in [0.5, 0.6) is 0 Å². The first-order valence-electron chi connectivity index (χ1n) is 7.60. The van der Waals surface area contributed by atoms with Gasteiger partial charge in [0.2, 0.25) is 0 Å². The van der Waals surface area contributed by atoms with E-state index in [0.29, 0.717) is 11.9 Å². The second-order valence-electron chi connectivity index (χ2n) is 5.76. The summed E-state index contributed by atoms with van der Waals surface area (Å²) in [5.74, 6) is 1.27. The minimum absolute atomic E-state index is 0.581. The van der Waals surface area contributed by atoms with E-state index in [0.717, 1.165) is 39.4 Å². The van der Waals surface area contributed by atoms with Crippen LogP contribution in [0.2, 0.25) is 0 Å². The van der Waals surface area contributed by atoms with E-state index in [1.54, 1.807) is 0 Å². The zero-order chi connectivity index (χ0) is 13.5. The van der Waals surface area contributed by atoms with E-state index in [1.807, 2.05) is 0 Å². The van der Waals surface area contributed by atoms with Crippen molar-refractivity contribution < 1.29 is 4.74 Å². The van der Waals surface area contributed by atoms with E-state index in [-0.39, 0.29) is 0 Å². The molecule has 1 atom stereocenters. The third-order valence-corrected chi connectivity index (χ3v) is 3.92. The smallest absolute Gasteiger partial charge is 0.191 e. The number of guanidine groups is 1. The van der Waals surface area contributed by atoms with Crippen LogP contribution in [0.3, 0.4) is 0 Å². The Labute approximate surface area is 116 Å². The van der Waals surface area contributed by atoms with Crippen LogP contribution in [0.15, 0.2) is 4.99 Å². The van der Waals surface area contributed by atoms with Gasteiger partial charge in [-0.2, -0.15) is 0 Å². The first-order valence-corrected chi connectivity index (χ1v) is 7.60. The van der Waals surface area contributed by atoms with Gasteiger partial charge in [0, 0.05) is 26.2 Å². The lowest BCUT2D eigenvalue weighted by molar-refractivity contribution is 0.0673. The summed E-state index contributed by atoms with van der Waals surface area (Å²) < 4.78 is 5.32. The Morgan fingerprint density at radius 3 is 2.53 bits per heavy atom. The summed E-state index contributed by atoms with van der Waals surface area (Å²) in [4.78, 5) is 9.24. The first kappa shape index (κ1) is 14.6. The SMILES string of the molecule is CC(CN=C(N)N1CCOCC1)CN1CCCCC1. The van der Waals surface area contributed by atoms with Crippen molar-refractivity contribution in [3.05, 3.63) is 0 Å². The van der Waals surface area contributed by atoms with Crippen molar-refractivity contribution in [3.8, 4) is 0 Å². The summed E-state index contributed by atoms with van der Waals surface area (Å²) in [5.41, 5.74) is 6.04. The Bertz CT molecular complexity index is 283. The molecule has 0 saturated carbocycles. The molecule has 0 spiro atoms. The number of aliphatic imine (C=N–C) groups is 1. The second-order valence-corrected chi connectivity index (χ2v) is 5.76. The van der Waals surface area contributed by atoms with Crippen molar-refractivity contribution >= 4 is 5.96 Å². The molecule has 0 radical (unpaired) electrons. The fourth-order valence-electron chi connectivity index (χ4n) is 2.78. The molecule has 2 fully saturated rings. The van der Waals surface area contributed by atoms with Crippen LogP contribution in [0.1, 0.15) is 26.2 Å². The number of nitrogens with two attached hydrogens (primary N) is 1. The molecule has 0 aromatic carbocycles. The third kappa shape index (κ3) is 4.99. The van der Waals surface area contributed by atoms with Crippen LogP contribution in [-0.2, 0) is 4.74 Å². The topological polar surface area (TPSA) is 54.1 Å². The number of piperidine rings is 1. The van der Waals surface area contributed by atoms with Crippen LogP contribution >= 0.6 is 0 Å². The normalized spacial score (nSPS) is 24.5. The predicted octanol–water partition coefficient (Wildman–Crippen LogP) is 0.755. The van der Waals surface area contributed by atoms with Crippen molar-refractivity contribution in [2.75, 3.05) is 52.5 Å². The molecule has 0 amide bonds. The Morgan fingerprint density at radius 2 is 1.84 bits per heavy atom. The number of hydrogen-bond acceptors (Lipinski definition) is 3. The van der Waals surface area contributed by atoms with Crippen molar-refractivity contribution in [3.63, 3.8) is 0 Å². The molecule has 2 aliphatic rings. The van der Waals surface area contributed by atoms with Gasteiger partial charge < -0.3 is 20.3 Å². The molecule has 2 aliphatic heterocycles. The molecule has 0 aliphatic carbocycles. The Balaban J connectivity index is 1.70. The van der Waals surface area contributed by atoms with Crippen LogP contribution in [0.4, 0.5) is 0 Å². The maximum atomic E-state index is 6.04. The van der Waals surface area contributed by atoms with Crippen molar-refractivity contribution in [1.82, 2.24) is 9.80 Å². The minimum atomic E-state index is 0.581. The van der Waals surface area contributed by atoms with Gasteiger partial charge in [-0.1, -0.05) is 13.3 Å². The number of rotatable bonds is 4. The maximum Gasteiger partial charge on any atom is 0.191 e. The average Bonchev–Trinajstić information content (AvgIpc) is 2.47. The van der Waals surface area contributed by atoms with E-state index in [1.165, 1.54) is 32.4 Å². The number of nitrogens with zero attached hydrogens (tertiary/aromatic N) is 3. The molecule has 2 rings (SSSR count). The van der Waals surface area contributed by atoms with E-state index in [2.05, 4.69) is 21.7 Å². The van der Waals surface area contributed by atoms with Gasteiger partial charge in [-0.15, -0.1) is 0 Å². The standard InChI is InChI=1S/C14H28N4O/c1-13(12-17-5-3-2-4-6-17)11-16-14(15)18-7-9-19-10-8-18/h13H,2-12H2,1H3,(H2,15,16). The summed E-state index contributed by atoms with van der Waals surface area (Å²) in [6.07, 6.45) is 4.10. The zero-order valence-electron chi connectivity index (χ0n) is 12.2. The van der Waals surface area contributed by atoms with E-state index < -0.39 is 0 Å². The molecule has 5 nitrogen and oxygen atoms in total. The highest BCUT2D eigenvalue weighted by molar-refractivity contribution is 5.78. The molecule has 110 valence electrons. The maximum absolute atomic E-state index is 6.04. The molecule has 2 N–H and O–H groups in total. The summed E-state index contributed by atoms with van der Waals surface area (Å²) in [6.45, 7) is 10.0. The lowest BCUT2D eigenvalue weighted by Crippen LogP contribution is -2.45. The van der Waals surface area contributed by atoms with E-state index in [4.69, 9.17) is 10.5 Å². The quantitative estimate of drug-likeness (QED) is 0.604. The molecule has 1 unspecified atom stereocenters. The van der Waals surface area contributed by atoms with Gasteiger partial charge in [0.1, 0.15) is 0 Å². The number of hydrogen-bond donors (Lipinski definition) is 1. The third-order valence-electron chi connectivity index (χ3n) is 3.92. The van der Waals surface area contributed by atoms with Gasteiger partial charge in [0.25, 0.3) is 0 Å². The summed E-state index contributed by atoms with van der Waals surface area (Å²) in [7, 11) is 0. The van der Waals surface area contributed by atoms with E-state index in [9.17, 15) is 0 Å². The summed E-state index contributed by atoms with van der Waals surface area (Å²) >= 11 is 0. The van der Waals surface area contributed by atoms with Crippen LogP contribution in [0.25, 0.3) is 0 Å². The van der Waals surface area contributed by atoms with Crippen LogP contribution in [0, 0.1) is 5.92 Å². The van der Waals surface area contributed by atoms with Gasteiger partial charge >= 0.3 is 0 Å². The van der Waals surface area contributed by atoms with E-state index >= 15 is 0 Å². The van der Waals surface area contributed by atoms with Gasteiger partial charge in [-0.25, -0.2) is 0 Å². The van der Waals surface area contributed by atoms with Crippen molar-refractivity contribution in [1.29, 1.82) is 0 Å². The molecular formula is C14H28N4O. The summed E-state index contributed by atoms with van der Waals surface area (Å²) in [6, 6.07) is 0. The number of likely N-dealkylation sites (tertiary alicyclic amines) is 1. The van der Waals surface area contributed by atoms with Crippen molar-refractivity contribution in [2.24, 2.45) is 16.6 Å². The highest BCUT2D eigenvalue weighted by atomic mass is 16.5. The predicted molar refractivity (Wildman–Crippen MR) is 78.3 cm³/mol. The molecule has 0 bridgehead atoms. The monoisotopic (exact) mass is 268 g/mol. The highest BCUT2D eigenvalue weighted by Gasteiger charge is 2.15. The Kier molecular flexibility index (Phi) is 5.92. The molecule has 2 heterocycles. The molecule has 0 aromatic heterocycles. The van der Waals surface area contributed by atoms with Crippen LogP contribution in [-0.4, -0.2) is 68.2 Å². The number of ether oxygens (including phenoxy) is 1. The minimum Gasteiger partial charge on any atom is -0.378 e. The van der Waals surface area contributed by atoms with Gasteiger partial charge in [0.05, 0.1) is 13.2 Å². The number of morpholine rings is 1. The van der Waals surface area contributed by atoms with Gasteiger partial charge in [0.15, 0.2) is 5.96 Å². The largest absolute Gasteiger partial charge is 0.378 e. The zero-order valence-corrected chi connectivity index (χ0v) is 12.2. The Morgan fingerprint density at radius 1 is 1.16 bits per heavy atom. The molecular weight excluding hydrogens is 240 g/mol. The lowest BCUT2D eigenvalue weighted by atomic mass is 10.1. The highest BCUT2D eigenvalue weighted by Crippen LogP contribution is 2.11. The fraction of sp³-hybridized carbons (Fsp3) is 0.929. The molecule has 5 heteroatoms. The average molecular weight is 268 g/mol. The molecule has 19 heavy (non-hydrogen) atoms. The summed E-state index contributed by atoms with van der Waals surface area (Å²) in [5, 5.41) is 0. The lowest BCUT2D eigenvalue weighted by Gasteiger charge is -2.29. The first-order chi connectivity index (χ1) is 9.25. The fourth-order valence-corrected chi connectivity index (χ4v) is 2.78. The van der Waals surface area contributed by atoms with Gasteiger partial charge in [-0.05, 0) is 31.8 Å². The Hall–Kier alpha value is -0.810. The molecule has 2 saturated heterocycles. The molecule has 0 aromatic rings. The van der Waals surface area contributed by atoms with Crippen molar-refractivity contribution in [2.45, 2.75) is 26.2 Å². The second kappa shape index (κ2) is 7.70. The van der Waals surface area contributed by atoms with Gasteiger partial charge in [-0.3, -0.25) is 4.99 Å².